The molecule has 1 heterocycles. The molecule has 0 radical (unpaired) electrons. The highest BCUT2D eigenvalue weighted by Gasteiger charge is 2.24. The molecule has 0 spiro atoms. The summed E-state index contributed by atoms with van der Waals surface area (Å²) in [4.78, 5) is 0. The van der Waals surface area contributed by atoms with Crippen LogP contribution >= 0.6 is 0 Å². The number of hydrogen-bond donors (Lipinski definition) is 0. The van der Waals surface area contributed by atoms with Crippen molar-refractivity contribution in [2.45, 2.75) is 18.9 Å². The first kappa shape index (κ1) is 5.10. The lowest BCUT2D eigenvalue weighted by Gasteiger charge is -2.18. The second kappa shape index (κ2) is 1.90. The van der Waals surface area contributed by atoms with E-state index in [0.29, 0.717) is 12.0 Å². The zero-order valence-electron chi connectivity index (χ0n) is 5.29. The van der Waals surface area contributed by atoms with Crippen molar-refractivity contribution in [2.75, 3.05) is 0 Å². The average molecular weight is 122 g/mol. The summed E-state index contributed by atoms with van der Waals surface area (Å²) in [5, 5.41) is 0. The van der Waals surface area contributed by atoms with E-state index in [1.807, 2.05) is 6.26 Å². The summed E-state index contributed by atoms with van der Waals surface area (Å²) in [6, 6.07) is 0. The first-order valence-corrected chi connectivity index (χ1v) is 3.44. The van der Waals surface area contributed by atoms with Crippen LogP contribution in [0.15, 0.2) is 24.5 Å². The molecule has 9 heavy (non-hydrogen) atoms. The van der Waals surface area contributed by atoms with E-state index in [4.69, 9.17) is 4.74 Å². The van der Waals surface area contributed by atoms with Gasteiger partial charge in [-0.15, -0.1) is 0 Å². The molecule has 0 saturated heterocycles. The van der Waals surface area contributed by atoms with Crippen LogP contribution in [-0.2, 0) is 4.74 Å². The van der Waals surface area contributed by atoms with Crippen LogP contribution < -0.4 is 0 Å². The number of allylic oxidation sites excluding steroid dienone is 1. The van der Waals surface area contributed by atoms with Crippen LogP contribution in [0.3, 0.4) is 0 Å². The lowest BCUT2D eigenvalue weighted by molar-refractivity contribution is 0.133. The van der Waals surface area contributed by atoms with Crippen LogP contribution in [0.5, 0.6) is 0 Å². The average Bonchev–Trinajstić information content (AvgIpc) is 2.33. The van der Waals surface area contributed by atoms with Crippen molar-refractivity contribution in [3.05, 3.63) is 24.5 Å². The maximum atomic E-state index is 5.33. The Kier molecular flexibility index (Phi) is 1.08. The number of fused-ring (bicyclic) bond motifs is 1. The SMILES string of the molecule is C1=CCC2OC=CC2C1. The molecule has 1 aliphatic heterocycles. The summed E-state index contributed by atoms with van der Waals surface area (Å²) in [6.45, 7) is 0. The molecule has 1 nitrogen and oxygen atoms in total. The Morgan fingerprint density at radius 1 is 1.22 bits per heavy atom. The minimum atomic E-state index is 0.468. The van der Waals surface area contributed by atoms with E-state index in [1.54, 1.807) is 0 Å². The Morgan fingerprint density at radius 2 is 2.11 bits per heavy atom. The van der Waals surface area contributed by atoms with Crippen molar-refractivity contribution in [1.29, 1.82) is 0 Å². The van der Waals surface area contributed by atoms with Crippen LogP contribution in [0.2, 0.25) is 0 Å². The molecular weight excluding hydrogens is 112 g/mol. The molecule has 2 rings (SSSR count). The second-order valence-corrected chi connectivity index (χ2v) is 2.61. The van der Waals surface area contributed by atoms with Crippen molar-refractivity contribution in [3.8, 4) is 0 Å². The van der Waals surface area contributed by atoms with Crippen LogP contribution in [0.25, 0.3) is 0 Å². The molecule has 0 bridgehead atoms. The van der Waals surface area contributed by atoms with Crippen LogP contribution in [-0.4, -0.2) is 6.10 Å². The van der Waals surface area contributed by atoms with Crippen molar-refractivity contribution in [2.24, 2.45) is 5.92 Å². The van der Waals surface area contributed by atoms with Gasteiger partial charge in [-0.05, 0) is 12.5 Å². The van der Waals surface area contributed by atoms with E-state index in [-0.39, 0.29) is 0 Å². The lowest BCUT2D eigenvalue weighted by atomic mass is 9.93. The van der Waals surface area contributed by atoms with Gasteiger partial charge in [-0.1, -0.05) is 12.2 Å². The zero-order valence-corrected chi connectivity index (χ0v) is 5.29. The van der Waals surface area contributed by atoms with Gasteiger partial charge in [0.1, 0.15) is 6.10 Å². The molecular formula is C8H10O. The maximum Gasteiger partial charge on any atom is 0.108 e. The van der Waals surface area contributed by atoms with Crippen LogP contribution in [0.4, 0.5) is 0 Å². The first-order valence-electron chi connectivity index (χ1n) is 3.44. The largest absolute Gasteiger partial charge is 0.497 e. The topological polar surface area (TPSA) is 9.23 Å². The Labute approximate surface area is 55.0 Å². The summed E-state index contributed by atoms with van der Waals surface area (Å²) in [5.74, 6) is 0.676. The minimum absolute atomic E-state index is 0.468. The fourth-order valence-corrected chi connectivity index (χ4v) is 1.42. The minimum Gasteiger partial charge on any atom is -0.497 e. The molecule has 48 valence electrons. The molecule has 0 saturated carbocycles. The summed E-state index contributed by atoms with van der Waals surface area (Å²) in [6.07, 6.45) is 11.2. The molecule has 0 aromatic heterocycles. The van der Waals surface area contributed by atoms with E-state index < -0.39 is 0 Å². The number of hydrogen-bond acceptors (Lipinski definition) is 1. The normalized spacial score (nSPS) is 38.2. The summed E-state index contributed by atoms with van der Waals surface area (Å²) in [7, 11) is 0. The van der Waals surface area contributed by atoms with Gasteiger partial charge < -0.3 is 4.74 Å². The molecule has 0 N–H and O–H groups in total. The highest BCUT2D eigenvalue weighted by atomic mass is 16.5. The molecule has 0 aromatic rings. The van der Waals surface area contributed by atoms with E-state index in [1.165, 1.54) is 6.42 Å². The highest BCUT2D eigenvalue weighted by molar-refractivity contribution is 5.06. The van der Waals surface area contributed by atoms with E-state index in [9.17, 15) is 0 Å². The van der Waals surface area contributed by atoms with Gasteiger partial charge in [0.25, 0.3) is 0 Å². The fraction of sp³-hybridized carbons (Fsp3) is 0.500. The van der Waals surface area contributed by atoms with Crippen molar-refractivity contribution >= 4 is 0 Å². The third-order valence-corrected chi connectivity index (χ3v) is 2.00. The van der Waals surface area contributed by atoms with Crippen molar-refractivity contribution in [1.82, 2.24) is 0 Å². The molecule has 1 heteroatoms. The first-order chi connectivity index (χ1) is 4.47. The predicted molar refractivity (Wildman–Crippen MR) is 35.9 cm³/mol. The van der Waals surface area contributed by atoms with Crippen molar-refractivity contribution < 1.29 is 4.74 Å². The third kappa shape index (κ3) is 0.766. The predicted octanol–water partition coefficient (Wildman–Crippen LogP) is 1.87. The second-order valence-electron chi connectivity index (χ2n) is 2.61. The molecule has 0 amide bonds. The summed E-state index contributed by atoms with van der Waals surface area (Å²) < 4.78 is 5.33. The Hall–Kier alpha value is -0.720. The molecule has 2 unspecified atom stereocenters. The standard InChI is InChI=1S/C8H10O/c1-2-4-8-7(3-1)5-6-9-8/h1-2,5-8H,3-4H2. The highest BCUT2D eigenvalue weighted by Crippen LogP contribution is 2.27. The van der Waals surface area contributed by atoms with Gasteiger partial charge in [-0.2, -0.15) is 0 Å². The zero-order chi connectivity index (χ0) is 6.10. The molecule has 0 fully saturated rings. The Bertz CT molecular complexity index is 158. The smallest absolute Gasteiger partial charge is 0.108 e. The summed E-state index contributed by atoms with van der Waals surface area (Å²) >= 11 is 0. The fourth-order valence-electron chi connectivity index (χ4n) is 1.42. The molecule has 2 aliphatic rings. The van der Waals surface area contributed by atoms with E-state index in [2.05, 4.69) is 18.2 Å². The van der Waals surface area contributed by atoms with Crippen LogP contribution in [0, 0.1) is 5.92 Å². The Balaban J connectivity index is 2.13. The molecule has 0 aromatic carbocycles. The van der Waals surface area contributed by atoms with Crippen LogP contribution in [0.1, 0.15) is 12.8 Å². The maximum absolute atomic E-state index is 5.33. The van der Waals surface area contributed by atoms with Gasteiger partial charge in [0.05, 0.1) is 6.26 Å². The van der Waals surface area contributed by atoms with E-state index in [0.717, 1.165) is 6.42 Å². The quantitative estimate of drug-likeness (QED) is 0.446. The number of ether oxygens (including phenoxy) is 1. The molecule has 2 atom stereocenters. The van der Waals surface area contributed by atoms with Gasteiger partial charge in [-0.3, -0.25) is 0 Å². The third-order valence-electron chi connectivity index (χ3n) is 2.00. The van der Waals surface area contributed by atoms with E-state index >= 15 is 0 Å². The molecule has 1 aliphatic carbocycles. The lowest BCUT2D eigenvalue weighted by Crippen LogP contribution is -2.17. The Morgan fingerprint density at radius 3 is 3.00 bits per heavy atom. The summed E-state index contributed by atoms with van der Waals surface area (Å²) in [5.41, 5.74) is 0. The van der Waals surface area contributed by atoms with Gasteiger partial charge in [-0.25, -0.2) is 0 Å². The van der Waals surface area contributed by atoms with Gasteiger partial charge in [0, 0.05) is 12.3 Å². The number of rotatable bonds is 0. The van der Waals surface area contributed by atoms with Gasteiger partial charge >= 0.3 is 0 Å². The van der Waals surface area contributed by atoms with Gasteiger partial charge in [0.2, 0.25) is 0 Å². The van der Waals surface area contributed by atoms with Gasteiger partial charge in [0.15, 0.2) is 0 Å². The monoisotopic (exact) mass is 122 g/mol. The van der Waals surface area contributed by atoms with Crippen molar-refractivity contribution in [3.63, 3.8) is 0 Å².